The van der Waals surface area contributed by atoms with Crippen LogP contribution in [0.25, 0.3) is 0 Å². The van der Waals surface area contributed by atoms with Crippen molar-refractivity contribution in [2.24, 2.45) is 5.92 Å². The quantitative estimate of drug-likeness (QED) is 0.727. The fourth-order valence-corrected chi connectivity index (χ4v) is 1.98. The monoisotopic (exact) mass is 257 g/mol. The zero-order valence-corrected chi connectivity index (χ0v) is 11.9. The first-order valence-corrected chi connectivity index (χ1v) is 6.29. The molecule has 0 saturated heterocycles. The highest BCUT2D eigenvalue weighted by molar-refractivity contribution is 5.78. The van der Waals surface area contributed by atoms with E-state index >= 15 is 0 Å². The Hall–Kier alpha value is -1.26. The Kier molecular flexibility index (Phi) is 4.59. The highest BCUT2D eigenvalue weighted by Crippen LogP contribution is 2.31. The number of rotatable bonds is 3. The first kappa shape index (κ1) is 14.8. The number of esters is 1. The lowest BCUT2D eigenvalue weighted by molar-refractivity contribution is -0.143. The topological polar surface area (TPSA) is 55.8 Å². The molecule has 18 heavy (non-hydrogen) atoms. The molecule has 0 atom stereocenters. The lowest BCUT2D eigenvalue weighted by Crippen LogP contribution is -2.51. The van der Waals surface area contributed by atoms with Gasteiger partial charge in [0.1, 0.15) is 12.1 Å². The smallest absolute Gasteiger partial charge is 0.411 e. The van der Waals surface area contributed by atoms with Crippen molar-refractivity contribution in [3.05, 3.63) is 0 Å². The van der Waals surface area contributed by atoms with Crippen molar-refractivity contribution < 1.29 is 19.1 Å². The number of amides is 1. The van der Waals surface area contributed by atoms with Crippen molar-refractivity contribution in [2.45, 2.75) is 52.2 Å². The number of hydrogen-bond acceptors (Lipinski definition) is 4. The molecule has 1 aliphatic rings. The Bertz CT molecular complexity index is 315. The van der Waals surface area contributed by atoms with Crippen LogP contribution in [-0.2, 0) is 14.3 Å². The second-order valence-corrected chi connectivity index (χ2v) is 5.91. The highest BCUT2D eigenvalue weighted by atomic mass is 16.6. The molecule has 1 amide bonds. The van der Waals surface area contributed by atoms with Gasteiger partial charge in [-0.2, -0.15) is 0 Å². The fourth-order valence-electron chi connectivity index (χ4n) is 1.98. The summed E-state index contributed by atoms with van der Waals surface area (Å²) < 4.78 is 9.93. The van der Waals surface area contributed by atoms with Crippen LogP contribution in [0.1, 0.15) is 40.5 Å². The molecule has 0 spiro atoms. The predicted molar refractivity (Wildman–Crippen MR) is 67.1 cm³/mol. The fraction of sp³-hybridized carbons (Fsp3) is 0.846. The summed E-state index contributed by atoms with van der Waals surface area (Å²) in [5.74, 6) is 0.179. The largest absolute Gasteiger partial charge is 0.468 e. The summed E-state index contributed by atoms with van der Waals surface area (Å²) in [6.07, 6.45) is 1.39. The van der Waals surface area contributed by atoms with Crippen molar-refractivity contribution in [1.29, 1.82) is 0 Å². The van der Waals surface area contributed by atoms with Gasteiger partial charge < -0.3 is 9.47 Å². The minimum atomic E-state index is -0.555. The molecule has 0 radical (unpaired) electrons. The zero-order valence-electron chi connectivity index (χ0n) is 11.9. The number of carbonyl (C=O) groups is 2. The van der Waals surface area contributed by atoms with Gasteiger partial charge in [-0.1, -0.05) is 6.92 Å². The van der Waals surface area contributed by atoms with E-state index in [9.17, 15) is 9.59 Å². The van der Waals surface area contributed by atoms with E-state index in [2.05, 4.69) is 11.7 Å². The van der Waals surface area contributed by atoms with Gasteiger partial charge in [-0.15, -0.1) is 0 Å². The van der Waals surface area contributed by atoms with E-state index in [4.69, 9.17) is 4.74 Å². The molecular weight excluding hydrogens is 234 g/mol. The maximum Gasteiger partial charge on any atom is 0.411 e. The number of carbonyl (C=O) groups excluding carboxylic acids is 2. The van der Waals surface area contributed by atoms with E-state index < -0.39 is 17.7 Å². The average Bonchev–Trinajstić information content (AvgIpc) is 2.18. The van der Waals surface area contributed by atoms with Gasteiger partial charge in [-0.25, -0.2) is 4.79 Å². The van der Waals surface area contributed by atoms with Crippen molar-refractivity contribution in [2.75, 3.05) is 13.7 Å². The molecule has 1 rings (SSSR count). The van der Waals surface area contributed by atoms with E-state index in [0.29, 0.717) is 5.92 Å². The summed E-state index contributed by atoms with van der Waals surface area (Å²) in [5.41, 5.74) is -0.555. The summed E-state index contributed by atoms with van der Waals surface area (Å²) in [5, 5.41) is 0. The van der Waals surface area contributed by atoms with Crippen LogP contribution in [-0.4, -0.2) is 42.3 Å². The van der Waals surface area contributed by atoms with Gasteiger partial charge in [0.15, 0.2) is 0 Å². The molecule has 0 aromatic heterocycles. The third-order valence-corrected chi connectivity index (χ3v) is 2.94. The predicted octanol–water partition coefficient (Wildman–Crippen LogP) is 2.20. The third kappa shape index (κ3) is 4.20. The Balaban J connectivity index is 2.65. The Morgan fingerprint density at radius 2 is 1.83 bits per heavy atom. The molecule has 0 bridgehead atoms. The molecule has 104 valence electrons. The van der Waals surface area contributed by atoms with Crippen LogP contribution >= 0.6 is 0 Å². The molecular formula is C13H23NO4. The molecule has 0 aliphatic heterocycles. The van der Waals surface area contributed by atoms with Gasteiger partial charge in [0.25, 0.3) is 0 Å². The second-order valence-electron chi connectivity index (χ2n) is 5.91. The van der Waals surface area contributed by atoms with Crippen LogP contribution in [0.15, 0.2) is 0 Å². The first-order valence-electron chi connectivity index (χ1n) is 6.29. The summed E-state index contributed by atoms with van der Waals surface area (Å²) in [7, 11) is 1.32. The van der Waals surface area contributed by atoms with E-state index in [-0.39, 0.29) is 12.6 Å². The Labute approximate surface area is 108 Å². The summed E-state index contributed by atoms with van der Waals surface area (Å²) in [4.78, 5) is 24.9. The molecule has 0 N–H and O–H groups in total. The minimum Gasteiger partial charge on any atom is -0.468 e. The van der Waals surface area contributed by atoms with Crippen molar-refractivity contribution in [3.63, 3.8) is 0 Å². The molecule has 5 nitrogen and oxygen atoms in total. The van der Waals surface area contributed by atoms with E-state index in [1.807, 2.05) is 20.8 Å². The first-order chi connectivity index (χ1) is 8.23. The molecule has 0 aromatic carbocycles. The molecule has 0 unspecified atom stereocenters. The second kappa shape index (κ2) is 5.59. The van der Waals surface area contributed by atoms with Crippen molar-refractivity contribution >= 4 is 12.1 Å². The van der Waals surface area contributed by atoms with Gasteiger partial charge in [0, 0.05) is 6.04 Å². The molecule has 1 fully saturated rings. The third-order valence-electron chi connectivity index (χ3n) is 2.94. The summed E-state index contributed by atoms with van der Waals surface area (Å²) in [6.45, 7) is 7.52. The van der Waals surface area contributed by atoms with Crippen LogP contribution in [0.2, 0.25) is 0 Å². The maximum absolute atomic E-state index is 12.0. The van der Waals surface area contributed by atoms with E-state index in [1.165, 1.54) is 12.0 Å². The number of nitrogens with zero attached hydrogens (tertiary/aromatic N) is 1. The van der Waals surface area contributed by atoms with Crippen LogP contribution in [0.4, 0.5) is 4.79 Å². The lowest BCUT2D eigenvalue weighted by Gasteiger charge is -2.41. The van der Waals surface area contributed by atoms with E-state index in [1.54, 1.807) is 0 Å². The number of hydrogen-bond donors (Lipinski definition) is 0. The molecule has 0 aromatic rings. The summed E-state index contributed by atoms with van der Waals surface area (Å²) in [6, 6.07) is 0.0916. The van der Waals surface area contributed by atoms with Gasteiger partial charge in [-0.05, 0) is 39.5 Å². The van der Waals surface area contributed by atoms with Crippen LogP contribution in [0.5, 0.6) is 0 Å². The average molecular weight is 257 g/mol. The van der Waals surface area contributed by atoms with Crippen LogP contribution in [0.3, 0.4) is 0 Å². The molecule has 1 aliphatic carbocycles. The Morgan fingerprint density at radius 1 is 1.28 bits per heavy atom. The lowest BCUT2D eigenvalue weighted by atomic mass is 9.81. The van der Waals surface area contributed by atoms with Crippen molar-refractivity contribution in [3.8, 4) is 0 Å². The van der Waals surface area contributed by atoms with Crippen LogP contribution in [0, 0.1) is 5.92 Å². The molecule has 0 heterocycles. The van der Waals surface area contributed by atoms with E-state index in [0.717, 1.165) is 12.8 Å². The Morgan fingerprint density at radius 3 is 2.22 bits per heavy atom. The summed E-state index contributed by atoms with van der Waals surface area (Å²) >= 11 is 0. The van der Waals surface area contributed by atoms with Gasteiger partial charge in [-0.3, -0.25) is 9.69 Å². The normalized spacial score (nSPS) is 22.9. The maximum atomic E-state index is 12.0. The number of methoxy groups -OCH3 is 1. The SMILES string of the molecule is COC(=O)CN(C(=O)OC(C)(C)C)C1CC(C)C1. The van der Waals surface area contributed by atoms with Gasteiger partial charge in [0.05, 0.1) is 7.11 Å². The minimum absolute atomic E-state index is 0.0389. The van der Waals surface area contributed by atoms with Gasteiger partial charge >= 0.3 is 12.1 Å². The molecule has 1 saturated carbocycles. The number of ether oxygens (including phenoxy) is 2. The zero-order chi connectivity index (χ0) is 13.9. The standard InChI is InChI=1S/C13H23NO4/c1-9-6-10(7-9)14(8-11(15)17-5)12(16)18-13(2,3)4/h9-10H,6-8H2,1-5H3. The van der Waals surface area contributed by atoms with Crippen LogP contribution < -0.4 is 0 Å². The van der Waals surface area contributed by atoms with Crippen molar-refractivity contribution in [1.82, 2.24) is 4.90 Å². The highest BCUT2D eigenvalue weighted by Gasteiger charge is 2.36. The van der Waals surface area contributed by atoms with Gasteiger partial charge in [0.2, 0.25) is 0 Å². The molecule has 5 heteroatoms.